The fraction of sp³-hybridized carbons (Fsp3) is 0.583. The van der Waals surface area contributed by atoms with E-state index in [1.807, 2.05) is 11.6 Å². The first kappa shape index (κ1) is 11.7. The van der Waals surface area contributed by atoms with Crippen molar-refractivity contribution >= 4 is 12.4 Å². The van der Waals surface area contributed by atoms with Crippen LogP contribution in [0.15, 0.2) is 4.79 Å². The van der Waals surface area contributed by atoms with Gasteiger partial charge in [-0.25, -0.2) is 0 Å². The minimum Gasteiger partial charge on any atom is -0.314 e. The average Bonchev–Trinajstić information content (AvgIpc) is 2.92. The number of nitrogens with one attached hydrogen (secondary N) is 1. The highest BCUT2D eigenvalue weighted by Gasteiger charge is 2.31. The maximum atomic E-state index is 12.2. The lowest BCUT2D eigenvalue weighted by molar-refractivity contribution is 0.716. The molecule has 4 heteroatoms. The molecule has 2 heterocycles. The zero-order valence-corrected chi connectivity index (χ0v) is 10.5. The molecule has 0 amide bonds. The first-order valence-corrected chi connectivity index (χ1v) is 5.62. The van der Waals surface area contributed by atoms with Crippen LogP contribution in [0.25, 0.3) is 0 Å². The molecule has 3 rings (SSSR count). The molecule has 1 saturated carbocycles. The van der Waals surface area contributed by atoms with Crippen molar-refractivity contribution in [2.24, 2.45) is 7.05 Å². The third-order valence-electron chi connectivity index (χ3n) is 3.72. The van der Waals surface area contributed by atoms with E-state index in [4.69, 9.17) is 0 Å². The van der Waals surface area contributed by atoms with Crippen LogP contribution in [-0.4, -0.2) is 4.57 Å². The van der Waals surface area contributed by atoms with Crippen molar-refractivity contribution < 1.29 is 0 Å². The van der Waals surface area contributed by atoms with E-state index in [0.717, 1.165) is 18.7 Å². The van der Waals surface area contributed by atoms with E-state index in [0.29, 0.717) is 5.92 Å². The highest BCUT2D eigenvalue weighted by atomic mass is 35.5. The molecule has 1 aromatic rings. The van der Waals surface area contributed by atoms with Gasteiger partial charge in [-0.1, -0.05) is 0 Å². The fourth-order valence-corrected chi connectivity index (χ4v) is 2.66. The number of halogens is 1. The van der Waals surface area contributed by atoms with E-state index in [1.54, 1.807) is 0 Å². The van der Waals surface area contributed by atoms with Gasteiger partial charge in [0, 0.05) is 31.4 Å². The van der Waals surface area contributed by atoms with Gasteiger partial charge in [0.15, 0.2) is 0 Å². The molecule has 1 aliphatic heterocycles. The van der Waals surface area contributed by atoms with E-state index < -0.39 is 0 Å². The molecular weight excluding hydrogens is 224 g/mol. The molecule has 0 atom stereocenters. The van der Waals surface area contributed by atoms with Crippen LogP contribution in [0.1, 0.15) is 41.1 Å². The molecule has 0 bridgehead atoms. The summed E-state index contributed by atoms with van der Waals surface area (Å²) >= 11 is 0. The average molecular weight is 241 g/mol. The fourth-order valence-electron chi connectivity index (χ4n) is 2.66. The van der Waals surface area contributed by atoms with Gasteiger partial charge in [-0.2, -0.15) is 0 Å². The van der Waals surface area contributed by atoms with Crippen molar-refractivity contribution in [2.75, 3.05) is 0 Å². The summed E-state index contributed by atoms with van der Waals surface area (Å²) in [5, 5.41) is 3.32. The predicted molar refractivity (Wildman–Crippen MR) is 66.2 cm³/mol. The summed E-state index contributed by atoms with van der Waals surface area (Å²) in [6.07, 6.45) is 2.39. The van der Waals surface area contributed by atoms with Crippen LogP contribution in [-0.2, 0) is 20.1 Å². The second-order valence-electron chi connectivity index (χ2n) is 4.71. The van der Waals surface area contributed by atoms with Crippen LogP contribution in [0.4, 0.5) is 0 Å². The molecule has 0 aromatic carbocycles. The maximum absolute atomic E-state index is 12.2. The number of hydrogen-bond donors (Lipinski definition) is 1. The third-order valence-corrected chi connectivity index (χ3v) is 3.72. The molecule has 0 spiro atoms. The molecule has 88 valence electrons. The minimum atomic E-state index is 0. The molecule has 1 fully saturated rings. The number of pyridine rings is 1. The number of rotatable bonds is 1. The summed E-state index contributed by atoms with van der Waals surface area (Å²) in [6.45, 7) is 3.88. The number of nitrogens with zero attached hydrogens (tertiary/aromatic N) is 1. The summed E-state index contributed by atoms with van der Waals surface area (Å²) in [5.41, 5.74) is 5.11. The lowest BCUT2D eigenvalue weighted by atomic mass is 10.00. The van der Waals surface area contributed by atoms with Crippen molar-refractivity contribution in [1.82, 2.24) is 9.88 Å². The Bertz CT molecular complexity index is 489. The topological polar surface area (TPSA) is 34.0 Å². The molecule has 16 heavy (non-hydrogen) atoms. The quantitative estimate of drug-likeness (QED) is 0.809. The van der Waals surface area contributed by atoms with E-state index in [9.17, 15) is 4.79 Å². The Labute approximate surface area is 101 Å². The largest absolute Gasteiger partial charge is 0.314 e. The van der Waals surface area contributed by atoms with E-state index >= 15 is 0 Å². The summed E-state index contributed by atoms with van der Waals surface area (Å²) in [4.78, 5) is 12.2. The lowest BCUT2D eigenvalue weighted by Gasteiger charge is -2.13. The molecule has 0 unspecified atom stereocenters. The van der Waals surface area contributed by atoms with Crippen LogP contribution in [0, 0.1) is 6.92 Å². The number of fused-ring (bicyclic) bond motifs is 1. The monoisotopic (exact) mass is 240 g/mol. The number of aromatic nitrogens is 1. The summed E-state index contributed by atoms with van der Waals surface area (Å²) in [5.74, 6) is 0.551. The zero-order valence-electron chi connectivity index (χ0n) is 9.67. The Kier molecular flexibility index (Phi) is 2.84. The minimum absolute atomic E-state index is 0. The zero-order chi connectivity index (χ0) is 10.6. The van der Waals surface area contributed by atoms with Gasteiger partial charge in [0.1, 0.15) is 0 Å². The van der Waals surface area contributed by atoms with Gasteiger partial charge < -0.3 is 9.88 Å². The Morgan fingerprint density at radius 3 is 2.62 bits per heavy atom. The summed E-state index contributed by atoms with van der Waals surface area (Å²) in [6, 6.07) is 0. The van der Waals surface area contributed by atoms with Crippen LogP contribution in [0.5, 0.6) is 0 Å². The molecule has 2 aliphatic rings. The summed E-state index contributed by atoms with van der Waals surface area (Å²) in [7, 11) is 1.90. The van der Waals surface area contributed by atoms with Gasteiger partial charge in [-0.3, -0.25) is 4.79 Å². The normalized spacial score (nSPS) is 18.1. The van der Waals surface area contributed by atoms with E-state index in [-0.39, 0.29) is 18.0 Å². The second-order valence-corrected chi connectivity index (χ2v) is 4.71. The van der Waals surface area contributed by atoms with Crippen molar-refractivity contribution in [1.29, 1.82) is 0 Å². The van der Waals surface area contributed by atoms with E-state index in [1.165, 1.54) is 29.7 Å². The standard InChI is InChI=1S/C12H16N2O.ClH/c1-7-9-5-13-6-10(9)14(2)12(15)11(7)8-3-4-8;/h8,13H,3-6H2,1-2H3;1H. The third kappa shape index (κ3) is 1.50. The SMILES string of the molecule is Cc1c2c(n(C)c(=O)c1C1CC1)CNC2.Cl. The maximum Gasteiger partial charge on any atom is 0.254 e. The Hall–Kier alpha value is -0.800. The Morgan fingerprint density at radius 1 is 1.31 bits per heavy atom. The van der Waals surface area contributed by atoms with Crippen LogP contribution in [0.2, 0.25) is 0 Å². The molecule has 3 nitrogen and oxygen atoms in total. The first-order valence-electron chi connectivity index (χ1n) is 5.62. The molecule has 0 saturated heterocycles. The van der Waals surface area contributed by atoms with Crippen molar-refractivity contribution in [3.63, 3.8) is 0 Å². The van der Waals surface area contributed by atoms with Gasteiger partial charge in [0.2, 0.25) is 0 Å². The summed E-state index contributed by atoms with van der Waals surface area (Å²) < 4.78 is 1.84. The Morgan fingerprint density at radius 2 is 2.00 bits per heavy atom. The smallest absolute Gasteiger partial charge is 0.254 e. The molecule has 1 aliphatic carbocycles. The highest BCUT2D eigenvalue weighted by molar-refractivity contribution is 5.85. The molecule has 0 radical (unpaired) electrons. The Balaban J connectivity index is 0.000000963. The van der Waals surface area contributed by atoms with Crippen molar-refractivity contribution in [2.45, 2.75) is 38.8 Å². The molecule has 1 N–H and O–H groups in total. The van der Waals surface area contributed by atoms with Crippen LogP contribution in [0.3, 0.4) is 0 Å². The molecule has 1 aromatic heterocycles. The van der Waals surface area contributed by atoms with Crippen molar-refractivity contribution in [3.05, 3.63) is 32.7 Å². The number of hydrogen-bond acceptors (Lipinski definition) is 2. The lowest BCUT2D eigenvalue weighted by Crippen LogP contribution is -2.25. The highest BCUT2D eigenvalue weighted by Crippen LogP contribution is 2.41. The van der Waals surface area contributed by atoms with Crippen LogP contribution < -0.4 is 10.9 Å². The first-order chi connectivity index (χ1) is 7.20. The van der Waals surface area contributed by atoms with Crippen LogP contribution >= 0.6 is 12.4 Å². The van der Waals surface area contributed by atoms with Gasteiger partial charge in [0.25, 0.3) is 5.56 Å². The second kappa shape index (κ2) is 3.90. The van der Waals surface area contributed by atoms with Gasteiger partial charge in [0.05, 0.1) is 0 Å². The predicted octanol–water partition coefficient (Wildman–Crippen LogP) is 1.60. The van der Waals surface area contributed by atoms with Crippen molar-refractivity contribution in [3.8, 4) is 0 Å². The van der Waals surface area contributed by atoms with E-state index in [2.05, 4.69) is 12.2 Å². The van der Waals surface area contributed by atoms with Gasteiger partial charge in [-0.05, 0) is 36.8 Å². The molecular formula is C12H17ClN2O. The van der Waals surface area contributed by atoms with Gasteiger partial charge in [-0.15, -0.1) is 12.4 Å². The van der Waals surface area contributed by atoms with Gasteiger partial charge >= 0.3 is 0 Å².